The molecule has 1 heterocycles. The lowest BCUT2D eigenvalue weighted by Gasteiger charge is -2.26. The number of rotatable bonds is 7. The fourth-order valence-corrected chi connectivity index (χ4v) is 3.22. The molecule has 0 saturated heterocycles. The molecule has 3 aromatic rings. The molecule has 1 aliphatic rings. The summed E-state index contributed by atoms with van der Waals surface area (Å²) < 4.78 is 10.9. The Morgan fingerprint density at radius 1 is 1.10 bits per heavy atom. The molecule has 1 aliphatic carbocycles. The lowest BCUT2D eigenvalue weighted by atomic mass is 10.2. The van der Waals surface area contributed by atoms with Gasteiger partial charge in [-0.2, -0.15) is 0 Å². The molecule has 2 aromatic carbocycles. The number of hydrogen-bond acceptors (Lipinski definition) is 7. The van der Waals surface area contributed by atoms with Crippen molar-refractivity contribution < 1.29 is 14.3 Å². The zero-order chi connectivity index (χ0) is 20.4. The third kappa shape index (κ3) is 4.07. The van der Waals surface area contributed by atoms with Crippen molar-refractivity contribution in [1.29, 1.82) is 0 Å². The molecule has 3 N–H and O–H groups in total. The smallest absolute Gasteiger partial charge is 0.285 e. The van der Waals surface area contributed by atoms with Crippen LogP contribution in [0.4, 0.5) is 11.4 Å². The first-order chi connectivity index (χ1) is 14.1. The summed E-state index contributed by atoms with van der Waals surface area (Å²) in [5.74, 6) is 6.84. The van der Waals surface area contributed by atoms with Gasteiger partial charge in [-0.05, 0) is 37.0 Å². The van der Waals surface area contributed by atoms with Crippen molar-refractivity contribution in [2.24, 2.45) is 11.8 Å². The second kappa shape index (κ2) is 7.92. The van der Waals surface area contributed by atoms with E-state index in [2.05, 4.69) is 20.3 Å². The van der Waals surface area contributed by atoms with E-state index in [0.29, 0.717) is 17.0 Å². The van der Waals surface area contributed by atoms with E-state index < -0.39 is 5.91 Å². The number of methoxy groups -OCH3 is 2. The van der Waals surface area contributed by atoms with Crippen LogP contribution in [-0.4, -0.2) is 36.6 Å². The number of benzene rings is 2. The van der Waals surface area contributed by atoms with Gasteiger partial charge in [0.05, 0.1) is 31.4 Å². The third-order valence-corrected chi connectivity index (χ3v) is 4.99. The van der Waals surface area contributed by atoms with Gasteiger partial charge in [-0.15, -0.1) is 0 Å². The van der Waals surface area contributed by atoms with Gasteiger partial charge in [-0.3, -0.25) is 15.2 Å². The lowest BCUT2D eigenvalue weighted by Crippen LogP contribution is -2.30. The summed E-state index contributed by atoms with van der Waals surface area (Å²) in [5, 5.41) is 0. The van der Waals surface area contributed by atoms with Gasteiger partial charge in [0, 0.05) is 36.1 Å². The van der Waals surface area contributed by atoms with Crippen molar-refractivity contribution in [3.8, 4) is 11.5 Å². The first-order valence-corrected chi connectivity index (χ1v) is 9.39. The summed E-state index contributed by atoms with van der Waals surface area (Å²) in [6.45, 7) is 0.873. The maximum absolute atomic E-state index is 11.8. The molecule has 0 bridgehead atoms. The molecular formula is C21H23N5O3. The number of carbonyl (C=O) groups is 1. The summed E-state index contributed by atoms with van der Waals surface area (Å²) in [6, 6.07) is 11.7. The van der Waals surface area contributed by atoms with Crippen LogP contribution in [0.2, 0.25) is 0 Å². The van der Waals surface area contributed by atoms with E-state index in [1.165, 1.54) is 19.0 Å². The van der Waals surface area contributed by atoms with Crippen LogP contribution < -0.4 is 25.6 Å². The molecule has 29 heavy (non-hydrogen) atoms. The normalized spacial score (nSPS) is 13.2. The van der Waals surface area contributed by atoms with Gasteiger partial charge in [0.15, 0.2) is 0 Å². The number of fused-ring (bicyclic) bond motifs is 1. The van der Waals surface area contributed by atoms with Gasteiger partial charge in [0.25, 0.3) is 5.91 Å². The zero-order valence-electron chi connectivity index (χ0n) is 16.4. The van der Waals surface area contributed by atoms with Gasteiger partial charge in [-0.25, -0.2) is 10.8 Å². The minimum absolute atomic E-state index is 0.175. The Balaban J connectivity index is 1.78. The molecule has 8 heteroatoms. The van der Waals surface area contributed by atoms with Gasteiger partial charge >= 0.3 is 0 Å². The number of hydrazine groups is 1. The summed E-state index contributed by atoms with van der Waals surface area (Å²) >= 11 is 0. The fourth-order valence-electron chi connectivity index (χ4n) is 3.22. The Bertz CT molecular complexity index is 1030. The van der Waals surface area contributed by atoms with E-state index in [-0.39, 0.29) is 5.69 Å². The highest BCUT2D eigenvalue weighted by atomic mass is 16.5. The highest BCUT2D eigenvalue weighted by Gasteiger charge is 2.26. The molecule has 4 rings (SSSR count). The van der Waals surface area contributed by atoms with E-state index in [0.717, 1.165) is 29.4 Å². The van der Waals surface area contributed by atoms with Crippen LogP contribution in [0.1, 0.15) is 23.3 Å². The standard InChI is InChI=1S/C21H23N5O3/c1-28-16-7-15(8-17(10-16)29-2)26(12-13-3-4-13)14-5-6-18-19(9-14)24-20(11-23-18)21(27)25-22/h5-11,13H,3-4,12,22H2,1-2H3,(H,25,27). The van der Waals surface area contributed by atoms with Crippen LogP contribution in [0, 0.1) is 5.92 Å². The first-order valence-electron chi connectivity index (χ1n) is 9.39. The largest absolute Gasteiger partial charge is 0.497 e. The molecule has 8 nitrogen and oxygen atoms in total. The number of nitrogen functional groups attached to an aromatic ring is 1. The maximum Gasteiger partial charge on any atom is 0.285 e. The minimum atomic E-state index is -0.475. The number of nitrogens with zero attached hydrogens (tertiary/aromatic N) is 3. The van der Waals surface area contributed by atoms with Crippen LogP contribution >= 0.6 is 0 Å². The van der Waals surface area contributed by atoms with Gasteiger partial charge in [0.2, 0.25) is 0 Å². The summed E-state index contributed by atoms with van der Waals surface area (Å²) in [7, 11) is 3.28. The number of nitrogens with one attached hydrogen (secondary N) is 1. The highest BCUT2D eigenvalue weighted by molar-refractivity contribution is 5.93. The van der Waals surface area contributed by atoms with E-state index in [1.807, 2.05) is 36.4 Å². The quantitative estimate of drug-likeness (QED) is 0.361. The number of nitrogens with two attached hydrogens (primary N) is 1. The average molecular weight is 393 g/mol. The molecule has 1 aromatic heterocycles. The van der Waals surface area contributed by atoms with Gasteiger partial charge < -0.3 is 14.4 Å². The molecule has 150 valence electrons. The number of anilines is 2. The van der Waals surface area contributed by atoms with Crippen LogP contribution in [-0.2, 0) is 0 Å². The Hall–Kier alpha value is -3.39. The van der Waals surface area contributed by atoms with Crippen molar-refractivity contribution in [2.45, 2.75) is 12.8 Å². The maximum atomic E-state index is 11.8. The first kappa shape index (κ1) is 18.9. The molecule has 0 aliphatic heterocycles. The highest BCUT2D eigenvalue weighted by Crippen LogP contribution is 2.38. The minimum Gasteiger partial charge on any atom is -0.497 e. The van der Waals surface area contributed by atoms with Gasteiger partial charge in [0.1, 0.15) is 17.2 Å². The molecule has 0 radical (unpaired) electrons. The second-order valence-corrected chi connectivity index (χ2v) is 7.03. The summed E-state index contributed by atoms with van der Waals surface area (Å²) in [4.78, 5) is 22.8. The second-order valence-electron chi connectivity index (χ2n) is 7.03. The molecule has 1 amide bonds. The summed E-state index contributed by atoms with van der Waals surface area (Å²) in [5.41, 5.74) is 5.52. The van der Waals surface area contributed by atoms with Crippen molar-refractivity contribution in [3.63, 3.8) is 0 Å². The molecule has 0 spiro atoms. The molecule has 0 unspecified atom stereocenters. The third-order valence-electron chi connectivity index (χ3n) is 4.99. The molecule has 1 fully saturated rings. The monoisotopic (exact) mass is 393 g/mol. The average Bonchev–Trinajstić information content (AvgIpc) is 3.60. The Morgan fingerprint density at radius 3 is 2.45 bits per heavy atom. The van der Waals surface area contributed by atoms with Crippen molar-refractivity contribution in [1.82, 2.24) is 15.4 Å². The number of hydrogen-bond donors (Lipinski definition) is 2. The fraction of sp³-hybridized carbons (Fsp3) is 0.286. The Morgan fingerprint density at radius 2 is 1.83 bits per heavy atom. The van der Waals surface area contributed by atoms with Gasteiger partial charge in [-0.1, -0.05) is 0 Å². The van der Waals surface area contributed by atoms with Crippen LogP contribution in [0.15, 0.2) is 42.6 Å². The topological polar surface area (TPSA) is 103 Å². The van der Waals surface area contributed by atoms with Crippen molar-refractivity contribution in [3.05, 3.63) is 48.3 Å². The number of carbonyl (C=O) groups excluding carboxylic acids is 1. The molecular weight excluding hydrogens is 370 g/mol. The van der Waals surface area contributed by atoms with Crippen LogP contribution in [0.5, 0.6) is 11.5 Å². The van der Waals surface area contributed by atoms with Crippen molar-refractivity contribution in [2.75, 3.05) is 25.7 Å². The zero-order valence-corrected chi connectivity index (χ0v) is 16.4. The van der Waals surface area contributed by atoms with E-state index >= 15 is 0 Å². The lowest BCUT2D eigenvalue weighted by molar-refractivity contribution is 0.0948. The number of aromatic nitrogens is 2. The van der Waals surface area contributed by atoms with Crippen LogP contribution in [0.25, 0.3) is 11.0 Å². The summed E-state index contributed by atoms with van der Waals surface area (Å²) in [6.07, 6.45) is 3.84. The predicted octanol–water partition coefficient (Wildman–Crippen LogP) is 2.80. The number of amides is 1. The molecule has 0 atom stereocenters. The SMILES string of the molecule is COc1cc(OC)cc(N(CC2CC2)c2ccc3ncc(C(=O)NN)nc3c2)c1. The Labute approximate surface area is 168 Å². The predicted molar refractivity (Wildman–Crippen MR) is 110 cm³/mol. The van der Waals surface area contributed by atoms with E-state index in [1.54, 1.807) is 14.2 Å². The number of ether oxygens (including phenoxy) is 2. The van der Waals surface area contributed by atoms with Crippen molar-refractivity contribution >= 4 is 28.3 Å². The van der Waals surface area contributed by atoms with E-state index in [4.69, 9.17) is 15.3 Å². The molecule has 1 saturated carbocycles. The Kier molecular flexibility index (Phi) is 5.18. The van der Waals surface area contributed by atoms with Crippen LogP contribution in [0.3, 0.4) is 0 Å². The van der Waals surface area contributed by atoms with E-state index in [9.17, 15) is 4.79 Å².